The zero-order valence-electron chi connectivity index (χ0n) is 21.6. The summed E-state index contributed by atoms with van der Waals surface area (Å²) in [5.74, 6) is -2.05. The van der Waals surface area contributed by atoms with Gasteiger partial charge in [0.15, 0.2) is 6.29 Å². The molecule has 2 aliphatic rings. The highest BCUT2D eigenvalue weighted by Gasteiger charge is 2.56. The molecule has 194 valence electrons. The standard InChI is InChI=1S/C25H40O9/c1-8-11-30-17(4)33-21(28)24(7,9-2)15-25(13-16(3)32-22(25)29)14-23(5,6)20(27)34-18-10-12-31-19(18)26/h16-18H,8-15H2,1-7H3. The van der Waals surface area contributed by atoms with Gasteiger partial charge in [-0.3, -0.25) is 14.4 Å². The van der Waals surface area contributed by atoms with Gasteiger partial charge in [0.05, 0.1) is 29.5 Å². The molecule has 2 rings (SSSR count). The molecule has 0 spiro atoms. The van der Waals surface area contributed by atoms with Gasteiger partial charge in [0.25, 0.3) is 0 Å². The zero-order valence-corrected chi connectivity index (χ0v) is 21.6. The van der Waals surface area contributed by atoms with Gasteiger partial charge in [-0.25, -0.2) is 4.79 Å². The fourth-order valence-corrected chi connectivity index (χ4v) is 4.82. The quantitative estimate of drug-likeness (QED) is 0.232. The summed E-state index contributed by atoms with van der Waals surface area (Å²) in [4.78, 5) is 51.1. The molecule has 2 fully saturated rings. The Morgan fingerprint density at radius 2 is 1.82 bits per heavy atom. The highest BCUT2D eigenvalue weighted by Crippen LogP contribution is 2.51. The monoisotopic (exact) mass is 484 g/mol. The van der Waals surface area contributed by atoms with Crippen molar-refractivity contribution >= 4 is 23.9 Å². The molecule has 2 heterocycles. The van der Waals surface area contributed by atoms with E-state index in [1.165, 1.54) is 0 Å². The molecule has 0 aromatic carbocycles. The van der Waals surface area contributed by atoms with Crippen LogP contribution in [0.25, 0.3) is 0 Å². The lowest BCUT2D eigenvalue weighted by molar-refractivity contribution is -0.188. The first-order chi connectivity index (χ1) is 15.8. The molecule has 0 aliphatic carbocycles. The van der Waals surface area contributed by atoms with Gasteiger partial charge in [-0.1, -0.05) is 13.8 Å². The van der Waals surface area contributed by atoms with Crippen molar-refractivity contribution in [3.05, 3.63) is 0 Å². The molecule has 0 N–H and O–H groups in total. The molecule has 34 heavy (non-hydrogen) atoms. The fourth-order valence-electron chi connectivity index (χ4n) is 4.82. The van der Waals surface area contributed by atoms with Gasteiger partial charge in [0, 0.05) is 12.8 Å². The number of esters is 4. The molecule has 0 aromatic heterocycles. The van der Waals surface area contributed by atoms with Gasteiger partial charge in [-0.2, -0.15) is 0 Å². The largest absolute Gasteiger partial charge is 0.463 e. The maximum Gasteiger partial charge on any atom is 0.347 e. The number of hydrogen-bond donors (Lipinski definition) is 0. The topological polar surface area (TPSA) is 114 Å². The van der Waals surface area contributed by atoms with E-state index in [0.29, 0.717) is 25.9 Å². The molecule has 5 atom stereocenters. The molecule has 0 radical (unpaired) electrons. The van der Waals surface area contributed by atoms with E-state index in [4.69, 9.17) is 23.7 Å². The van der Waals surface area contributed by atoms with Crippen molar-refractivity contribution in [3.8, 4) is 0 Å². The van der Waals surface area contributed by atoms with E-state index >= 15 is 0 Å². The highest BCUT2D eigenvalue weighted by molar-refractivity contribution is 5.85. The Balaban J connectivity index is 2.24. The van der Waals surface area contributed by atoms with Crippen molar-refractivity contribution in [2.75, 3.05) is 13.2 Å². The van der Waals surface area contributed by atoms with E-state index in [0.717, 1.165) is 6.42 Å². The summed E-state index contributed by atoms with van der Waals surface area (Å²) >= 11 is 0. The Morgan fingerprint density at radius 1 is 1.15 bits per heavy atom. The average molecular weight is 485 g/mol. The summed E-state index contributed by atoms with van der Waals surface area (Å²) in [5, 5.41) is 0. The van der Waals surface area contributed by atoms with Crippen LogP contribution in [0.1, 0.15) is 87.0 Å². The van der Waals surface area contributed by atoms with E-state index in [2.05, 4.69) is 0 Å². The molecule has 5 unspecified atom stereocenters. The normalized spacial score (nSPS) is 27.5. The second-order valence-corrected chi connectivity index (χ2v) is 10.5. The average Bonchev–Trinajstić information content (AvgIpc) is 3.27. The number of carbonyl (C=O) groups is 4. The van der Waals surface area contributed by atoms with Crippen LogP contribution in [0.2, 0.25) is 0 Å². The lowest BCUT2D eigenvalue weighted by atomic mass is 9.63. The van der Waals surface area contributed by atoms with Crippen molar-refractivity contribution in [2.24, 2.45) is 16.2 Å². The highest BCUT2D eigenvalue weighted by atomic mass is 16.7. The first-order valence-corrected chi connectivity index (χ1v) is 12.2. The molecule has 9 heteroatoms. The van der Waals surface area contributed by atoms with Crippen LogP contribution in [-0.4, -0.2) is 55.6 Å². The van der Waals surface area contributed by atoms with Gasteiger partial charge in [0.2, 0.25) is 6.10 Å². The molecule has 9 nitrogen and oxygen atoms in total. The molecule has 0 amide bonds. The Hall–Kier alpha value is -2.16. The predicted octanol–water partition coefficient (Wildman–Crippen LogP) is 3.71. The molecule has 0 saturated carbocycles. The van der Waals surface area contributed by atoms with Crippen LogP contribution >= 0.6 is 0 Å². The first-order valence-electron chi connectivity index (χ1n) is 12.2. The van der Waals surface area contributed by atoms with E-state index < -0.39 is 52.5 Å². The van der Waals surface area contributed by atoms with E-state index in [-0.39, 0.29) is 25.6 Å². The van der Waals surface area contributed by atoms with Gasteiger partial charge in [0.1, 0.15) is 6.10 Å². The Kier molecular flexibility index (Phi) is 9.13. The summed E-state index contributed by atoms with van der Waals surface area (Å²) in [6, 6.07) is 0. The Morgan fingerprint density at radius 3 is 2.32 bits per heavy atom. The van der Waals surface area contributed by atoms with Crippen LogP contribution < -0.4 is 0 Å². The second-order valence-electron chi connectivity index (χ2n) is 10.5. The molecule has 2 aliphatic heterocycles. The van der Waals surface area contributed by atoms with E-state index in [1.807, 2.05) is 13.8 Å². The van der Waals surface area contributed by atoms with E-state index in [1.54, 1.807) is 34.6 Å². The SMILES string of the molecule is CCCOC(C)OC(=O)C(C)(CC)CC1(CC(C)(C)C(=O)OC2CCOC2=O)CC(C)OC1=O. The van der Waals surface area contributed by atoms with Crippen molar-refractivity contribution in [1.29, 1.82) is 0 Å². The number of ether oxygens (including phenoxy) is 5. The van der Waals surface area contributed by atoms with Crippen molar-refractivity contribution in [3.63, 3.8) is 0 Å². The fraction of sp³-hybridized carbons (Fsp3) is 0.840. The van der Waals surface area contributed by atoms with Gasteiger partial charge in [-0.15, -0.1) is 0 Å². The summed E-state index contributed by atoms with van der Waals surface area (Å²) in [5.41, 5.74) is -3.19. The zero-order chi connectivity index (χ0) is 25.7. The predicted molar refractivity (Wildman–Crippen MR) is 121 cm³/mol. The Bertz CT molecular complexity index is 776. The van der Waals surface area contributed by atoms with Gasteiger partial charge >= 0.3 is 23.9 Å². The van der Waals surface area contributed by atoms with Crippen molar-refractivity contribution in [1.82, 2.24) is 0 Å². The summed E-state index contributed by atoms with van der Waals surface area (Å²) in [6.45, 7) is 13.1. The van der Waals surface area contributed by atoms with Gasteiger partial charge < -0.3 is 23.7 Å². The van der Waals surface area contributed by atoms with Crippen LogP contribution in [0.5, 0.6) is 0 Å². The van der Waals surface area contributed by atoms with Crippen LogP contribution in [0, 0.1) is 16.2 Å². The van der Waals surface area contributed by atoms with Crippen LogP contribution in [0.3, 0.4) is 0 Å². The number of hydrogen-bond acceptors (Lipinski definition) is 9. The third-order valence-corrected chi connectivity index (χ3v) is 6.72. The summed E-state index contributed by atoms with van der Waals surface area (Å²) < 4.78 is 26.8. The summed E-state index contributed by atoms with van der Waals surface area (Å²) in [7, 11) is 0. The molecular weight excluding hydrogens is 444 g/mol. The maximum absolute atomic E-state index is 13.2. The third kappa shape index (κ3) is 6.49. The third-order valence-electron chi connectivity index (χ3n) is 6.72. The van der Waals surface area contributed by atoms with Crippen molar-refractivity contribution < 1.29 is 42.9 Å². The lowest BCUT2D eigenvalue weighted by Crippen LogP contribution is -2.44. The van der Waals surface area contributed by atoms with Crippen LogP contribution in [0.15, 0.2) is 0 Å². The minimum absolute atomic E-state index is 0.106. The summed E-state index contributed by atoms with van der Waals surface area (Å²) in [6.07, 6.45) is 0.155. The number of cyclic esters (lactones) is 2. The van der Waals surface area contributed by atoms with E-state index in [9.17, 15) is 19.2 Å². The van der Waals surface area contributed by atoms with Gasteiger partial charge in [-0.05, 0) is 60.3 Å². The first kappa shape index (κ1) is 28.1. The second kappa shape index (κ2) is 11.1. The molecular formula is C25H40O9. The lowest BCUT2D eigenvalue weighted by Gasteiger charge is -2.39. The minimum atomic E-state index is -1.11. The van der Waals surface area contributed by atoms with Crippen LogP contribution in [0.4, 0.5) is 0 Å². The maximum atomic E-state index is 13.2. The number of carbonyl (C=O) groups excluding carboxylic acids is 4. The molecule has 2 saturated heterocycles. The van der Waals surface area contributed by atoms with Crippen molar-refractivity contribution in [2.45, 2.75) is 105 Å². The molecule has 0 bridgehead atoms. The minimum Gasteiger partial charge on any atom is -0.463 e. The molecule has 0 aromatic rings. The smallest absolute Gasteiger partial charge is 0.347 e. The number of rotatable bonds is 12. The van der Waals surface area contributed by atoms with Crippen LogP contribution in [-0.2, 0) is 42.9 Å². The Labute approximate surface area is 202 Å².